The molecule has 0 radical (unpaired) electrons. The number of nitrogens with zero attached hydrogens (tertiary/aromatic N) is 1. The molecule has 1 N–H and O–H groups in total. The van der Waals surface area contributed by atoms with Crippen molar-refractivity contribution in [2.45, 2.75) is 64.1 Å². The van der Waals surface area contributed by atoms with Gasteiger partial charge >= 0.3 is 6.18 Å². The second-order valence-corrected chi connectivity index (χ2v) is 6.37. The van der Waals surface area contributed by atoms with Gasteiger partial charge in [0, 0.05) is 11.5 Å². The fourth-order valence-corrected chi connectivity index (χ4v) is 3.75. The first-order valence-corrected chi connectivity index (χ1v) is 7.96. The SMILES string of the molecule is CCC1(C(=O)N(CC(F)(F)F)C2CCNCC2)CCCC1. The smallest absolute Gasteiger partial charge is 0.330 e. The van der Waals surface area contributed by atoms with Crippen LogP contribution in [0.15, 0.2) is 0 Å². The predicted molar refractivity (Wildman–Crippen MR) is 74.9 cm³/mol. The molecule has 1 saturated carbocycles. The number of carbonyl (C=O) groups excluding carboxylic acids is 1. The Kier molecular flexibility index (Phi) is 5.17. The summed E-state index contributed by atoms with van der Waals surface area (Å²) in [4.78, 5) is 14.0. The Hall–Kier alpha value is -0.780. The molecule has 122 valence electrons. The lowest BCUT2D eigenvalue weighted by Gasteiger charge is -2.40. The second-order valence-electron chi connectivity index (χ2n) is 6.37. The zero-order valence-corrected chi connectivity index (χ0v) is 12.6. The van der Waals surface area contributed by atoms with Gasteiger partial charge in [0.15, 0.2) is 0 Å². The fraction of sp³-hybridized carbons (Fsp3) is 0.933. The zero-order valence-electron chi connectivity index (χ0n) is 12.6. The van der Waals surface area contributed by atoms with E-state index in [1.54, 1.807) is 0 Å². The molecule has 1 saturated heterocycles. The molecule has 1 heterocycles. The van der Waals surface area contributed by atoms with Crippen LogP contribution in [0.5, 0.6) is 0 Å². The van der Waals surface area contributed by atoms with Crippen molar-refractivity contribution < 1.29 is 18.0 Å². The van der Waals surface area contributed by atoms with Crippen LogP contribution in [-0.2, 0) is 4.79 Å². The van der Waals surface area contributed by atoms with E-state index in [4.69, 9.17) is 0 Å². The van der Waals surface area contributed by atoms with Gasteiger partial charge in [-0.15, -0.1) is 0 Å². The summed E-state index contributed by atoms with van der Waals surface area (Å²) >= 11 is 0. The molecule has 2 fully saturated rings. The summed E-state index contributed by atoms with van der Waals surface area (Å²) in [7, 11) is 0. The van der Waals surface area contributed by atoms with Gasteiger partial charge in [-0.2, -0.15) is 13.2 Å². The molecule has 2 aliphatic rings. The van der Waals surface area contributed by atoms with Gasteiger partial charge in [0.25, 0.3) is 0 Å². The molecule has 0 aromatic heterocycles. The maximum absolute atomic E-state index is 12.9. The number of nitrogens with one attached hydrogen (secondary N) is 1. The Morgan fingerprint density at radius 3 is 2.29 bits per heavy atom. The third kappa shape index (κ3) is 3.90. The molecular formula is C15H25F3N2O. The zero-order chi connectivity index (χ0) is 15.5. The van der Waals surface area contributed by atoms with E-state index in [-0.39, 0.29) is 11.9 Å². The first-order chi connectivity index (χ1) is 9.88. The Morgan fingerprint density at radius 1 is 1.24 bits per heavy atom. The summed E-state index contributed by atoms with van der Waals surface area (Å²) in [6.45, 7) is 2.20. The van der Waals surface area contributed by atoms with Crippen LogP contribution in [0, 0.1) is 5.41 Å². The standard InChI is InChI=1S/C15H25F3N2O/c1-2-14(7-3-4-8-14)13(21)20(11-15(16,17)18)12-5-9-19-10-6-12/h12,19H,2-11H2,1H3. The molecule has 0 bridgehead atoms. The van der Waals surface area contributed by atoms with Gasteiger partial charge in [0.1, 0.15) is 6.54 Å². The van der Waals surface area contributed by atoms with Crippen molar-refractivity contribution in [3.05, 3.63) is 0 Å². The number of amides is 1. The van der Waals surface area contributed by atoms with Crippen molar-refractivity contribution in [3.8, 4) is 0 Å². The van der Waals surface area contributed by atoms with E-state index in [0.29, 0.717) is 32.4 Å². The van der Waals surface area contributed by atoms with Crippen LogP contribution in [0.4, 0.5) is 13.2 Å². The summed E-state index contributed by atoms with van der Waals surface area (Å²) in [6, 6.07) is -0.274. The number of rotatable bonds is 4. The van der Waals surface area contributed by atoms with Crippen molar-refractivity contribution >= 4 is 5.91 Å². The molecule has 1 amide bonds. The van der Waals surface area contributed by atoms with E-state index in [0.717, 1.165) is 30.6 Å². The minimum Gasteiger partial charge on any atom is -0.330 e. The number of piperidine rings is 1. The third-order valence-electron chi connectivity index (χ3n) is 5.05. The van der Waals surface area contributed by atoms with Gasteiger partial charge < -0.3 is 10.2 Å². The minimum absolute atomic E-state index is 0.258. The van der Waals surface area contributed by atoms with Gasteiger partial charge in [-0.1, -0.05) is 19.8 Å². The van der Waals surface area contributed by atoms with E-state index >= 15 is 0 Å². The maximum Gasteiger partial charge on any atom is 0.406 e. The van der Waals surface area contributed by atoms with Crippen molar-refractivity contribution in [2.75, 3.05) is 19.6 Å². The largest absolute Gasteiger partial charge is 0.406 e. The first kappa shape index (κ1) is 16.6. The van der Waals surface area contributed by atoms with Gasteiger partial charge in [-0.05, 0) is 45.2 Å². The highest BCUT2D eigenvalue weighted by molar-refractivity contribution is 5.83. The third-order valence-corrected chi connectivity index (χ3v) is 5.05. The van der Waals surface area contributed by atoms with E-state index in [1.807, 2.05) is 6.92 Å². The van der Waals surface area contributed by atoms with Gasteiger partial charge in [0.05, 0.1) is 0 Å². The van der Waals surface area contributed by atoms with Crippen LogP contribution in [0.3, 0.4) is 0 Å². The van der Waals surface area contributed by atoms with Crippen LogP contribution in [0.1, 0.15) is 51.9 Å². The molecule has 1 aliphatic heterocycles. The van der Waals surface area contributed by atoms with Crippen molar-refractivity contribution in [3.63, 3.8) is 0 Å². The second kappa shape index (κ2) is 6.55. The average Bonchev–Trinajstić information content (AvgIpc) is 2.94. The molecule has 6 heteroatoms. The number of carbonyl (C=O) groups is 1. The molecule has 0 atom stereocenters. The maximum atomic E-state index is 12.9. The lowest BCUT2D eigenvalue weighted by Crippen LogP contribution is -2.54. The van der Waals surface area contributed by atoms with E-state index in [9.17, 15) is 18.0 Å². The van der Waals surface area contributed by atoms with Crippen LogP contribution >= 0.6 is 0 Å². The van der Waals surface area contributed by atoms with Gasteiger partial charge in [0.2, 0.25) is 5.91 Å². The fourth-order valence-electron chi connectivity index (χ4n) is 3.75. The number of halogens is 3. The number of hydrogen-bond acceptors (Lipinski definition) is 2. The van der Waals surface area contributed by atoms with Crippen molar-refractivity contribution in [1.29, 1.82) is 0 Å². The minimum atomic E-state index is -4.33. The van der Waals surface area contributed by atoms with Gasteiger partial charge in [-0.25, -0.2) is 0 Å². The highest BCUT2D eigenvalue weighted by Crippen LogP contribution is 2.43. The van der Waals surface area contributed by atoms with E-state index < -0.39 is 18.1 Å². The van der Waals surface area contributed by atoms with Gasteiger partial charge in [-0.3, -0.25) is 4.79 Å². The number of alkyl halides is 3. The van der Waals surface area contributed by atoms with Crippen molar-refractivity contribution in [1.82, 2.24) is 10.2 Å². The average molecular weight is 306 g/mol. The summed E-state index contributed by atoms with van der Waals surface area (Å²) in [5.74, 6) is -0.258. The Balaban J connectivity index is 2.18. The van der Waals surface area contributed by atoms with E-state index in [2.05, 4.69) is 5.32 Å². The lowest BCUT2D eigenvalue weighted by molar-refractivity contribution is -0.173. The Bertz CT molecular complexity index is 358. The molecule has 0 unspecified atom stereocenters. The molecule has 1 aliphatic carbocycles. The topological polar surface area (TPSA) is 32.3 Å². The highest BCUT2D eigenvalue weighted by Gasteiger charge is 2.46. The highest BCUT2D eigenvalue weighted by atomic mass is 19.4. The van der Waals surface area contributed by atoms with Crippen LogP contribution in [-0.4, -0.2) is 42.7 Å². The van der Waals surface area contributed by atoms with Crippen LogP contribution in [0.25, 0.3) is 0 Å². The molecule has 0 aromatic rings. The molecule has 3 nitrogen and oxygen atoms in total. The number of hydrogen-bond donors (Lipinski definition) is 1. The Labute approximate surface area is 124 Å². The lowest BCUT2D eigenvalue weighted by atomic mass is 9.81. The quantitative estimate of drug-likeness (QED) is 0.865. The predicted octanol–water partition coefficient (Wildman–Crippen LogP) is 3.10. The molecule has 21 heavy (non-hydrogen) atoms. The Morgan fingerprint density at radius 2 is 1.81 bits per heavy atom. The monoisotopic (exact) mass is 306 g/mol. The summed E-state index contributed by atoms with van der Waals surface area (Å²) in [5, 5.41) is 3.15. The van der Waals surface area contributed by atoms with Crippen molar-refractivity contribution in [2.24, 2.45) is 5.41 Å². The molecule has 2 rings (SSSR count). The summed E-state index contributed by atoms with van der Waals surface area (Å²) < 4.78 is 38.8. The molecule has 0 spiro atoms. The van der Waals surface area contributed by atoms with Crippen LogP contribution < -0.4 is 5.32 Å². The molecule has 0 aromatic carbocycles. The normalized spacial score (nSPS) is 23.2. The first-order valence-electron chi connectivity index (χ1n) is 7.96. The summed E-state index contributed by atoms with van der Waals surface area (Å²) in [5.41, 5.74) is -0.546. The summed E-state index contributed by atoms with van der Waals surface area (Å²) in [6.07, 6.45) is 0.920. The van der Waals surface area contributed by atoms with Crippen LogP contribution in [0.2, 0.25) is 0 Å². The molecular weight excluding hydrogens is 281 g/mol. The van der Waals surface area contributed by atoms with E-state index in [1.165, 1.54) is 0 Å².